The van der Waals surface area contributed by atoms with Gasteiger partial charge in [0, 0.05) is 5.88 Å². The van der Waals surface area contributed by atoms with Crippen molar-refractivity contribution in [3.05, 3.63) is 34.9 Å². The highest BCUT2D eigenvalue weighted by molar-refractivity contribution is 6.18. The van der Waals surface area contributed by atoms with Gasteiger partial charge in [-0.05, 0) is 37.7 Å². The van der Waals surface area contributed by atoms with Gasteiger partial charge in [-0.15, -0.1) is 11.6 Å². The Kier molecular flexibility index (Phi) is 4.66. The zero-order valence-electron chi connectivity index (χ0n) is 10.2. The van der Waals surface area contributed by atoms with Crippen LogP contribution in [-0.2, 0) is 6.42 Å². The van der Waals surface area contributed by atoms with E-state index in [1.54, 1.807) is 0 Å². The summed E-state index contributed by atoms with van der Waals surface area (Å²) in [6, 6.07) is 6.76. The molecule has 0 aromatic heterocycles. The first-order valence-corrected chi connectivity index (χ1v) is 6.19. The van der Waals surface area contributed by atoms with Crippen LogP contribution in [0.5, 0.6) is 0 Å². The highest BCUT2D eigenvalue weighted by atomic mass is 35.5. The molecule has 1 unspecified atom stereocenters. The molecule has 0 fully saturated rings. The highest BCUT2D eigenvalue weighted by Crippen LogP contribution is 2.20. The maximum absolute atomic E-state index is 5.99. The second-order valence-electron chi connectivity index (χ2n) is 4.86. The van der Waals surface area contributed by atoms with Crippen LogP contribution in [0.15, 0.2) is 18.2 Å². The van der Waals surface area contributed by atoms with Gasteiger partial charge >= 0.3 is 0 Å². The van der Waals surface area contributed by atoms with Gasteiger partial charge in [-0.25, -0.2) is 0 Å². The van der Waals surface area contributed by atoms with Crippen molar-refractivity contribution in [1.82, 2.24) is 0 Å². The molecular formula is C14H21Cl. The predicted octanol–water partition coefficient (Wildman–Crippen LogP) is 4.36. The third-order valence-corrected chi connectivity index (χ3v) is 3.32. The van der Waals surface area contributed by atoms with Crippen LogP contribution in [0.1, 0.15) is 30.5 Å². The van der Waals surface area contributed by atoms with Crippen molar-refractivity contribution in [2.75, 3.05) is 5.88 Å². The molecule has 1 rings (SSSR count). The number of hydrogen-bond donors (Lipinski definition) is 0. The largest absolute Gasteiger partial charge is 0.126 e. The summed E-state index contributed by atoms with van der Waals surface area (Å²) in [4.78, 5) is 0. The Morgan fingerprint density at radius 1 is 1.07 bits per heavy atom. The van der Waals surface area contributed by atoms with Gasteiger partial charge < -0.3 is 0 Å². The summed E-state index contributed by atoms with van der Waals surface area (Å²) in [7, 11) is 0. The smallest absolute Gasteiger partial charge is 0.0257 e. The van der Waals surface area contributed by atoms with Crippen molar-refractivity contribution in [2.45, 2.75) is 34.1 Å². The number of alkyl halides is 1. The van der Waals surface area contributed by atoms with Crippen LogP contribution < -0.4 is 0 Å². The van der Waals surface area contributed by atoms with Gasteiger partial charge in [-0.1, -0.05) is 43.2 Å². The summed E-state index contributed by atoms with van der Waals surface area (Å²) >= 11 is 5.99. The lowest BCUT2D eigenvalue weighted by Crippen LogP contribution is -2.13. The van der Waals surface area contributed by atoms with Crippen molar-refractivity contribution in [3.8, 4) is 0 Å². The monoisotopic (exact) mass is 224 g/mol. The zero-order chi connectivity index (χ0) is 11.4. The Labute approximate surface area is 98.7 Å². The summed E-state index contributed by atoms with van der Waals surface area (Å²) in [5.74, 6) is 2.00. The zero-order valence-corrected chi connectivity index (χ0v) is 10.9. The Bertz CT molecular complexity index is 295. The fourth-order valence-electron chi connectivity index (χ4n) is 1.96. The number of hydrogen-bond acceptors (Lipinski definition) is 0. The maximum atomic E-state index is 5.99. The van der Waals surface area contributed by atoms with E-state index in [0.717, 1.165) is 12.3 Å². The minimum atomic E-state index is 0.591. The number of rotatable bonds is 4. The van der Waals surface area contributed by atoms with Crippen LogP contribution in [0, 0.1) is 25.7 Å². The first-order valence-electron chi connectivity index (χ1n) is 5.66. The molecule has 0 aliphatic carbocycles. The van der Waals surface area contributed by atoms with Gasteiger partial charge in [0.1, 0.15) is 0 Å². The third-order valence-electron chi connectivity index (χ3n) is 2.92. The molecule has 0 heterocycles. The van der Waals surface area contributed by atoms with E-state index >= 15 is 0 Å². The third kappa shape index (κ3) is 3.87. The summed E-state index contributed by atoms with van der Waals surface area (Å²) < 4.78 is 0. The van der Waals surface area contributed by atoms with E-state index in [1.807, 2.05) is 0 Å². The average molecular weight is 225 g/mol. The molecule has 84 valence electrons. The van der Waals surface area contributed by atoms with Gasteiger partial charge in [0.2, 0.25) is 0 Å². The molecule has 15 heavy (non-hydrogen) atoms. The van der Waals surface area contributed by atoms with E-state index in [4.69, 9.17) is 11.6 Å². The lowest BCUT2D eigenvalue weighted by atomic mass is 9.90. The van der Waals surface area contributed by atoms with Gasteiger partial charge in [-0.2, -0.15) is 0 Å². The summed E-state index contributed by atoms with van der Waals surface area (Å²) in [6.45, 7) is 8.80. The fraction of sp³-hybridized carbons (Fsp3) is 0.571. The number of aryl methyl sites for hydroxylation is 2. The Hall–Kier alpha value is -0.490. The SMILES string of the molecule is Cc1cc(C)cc(CC(CCl)C(C)C)c1. The van der Waals surface area contributed by atoms with Gasteiger partial charge in [0.25, 0.3) is 0 Å². The maximum Gasteiger partial charge on any atom is 0.0257 e. The average Bonchev–Trinajstić information content (AvgIpc) is 2.12. The van der Waals surface area contributed by atoms with Crippen LogP contribution in [0.25, 0.3) is 0 Å². The molecule has 0 spiro atoms. The quantitative estimate of drug-likeness (QED) is 0.667. The molecule has 0 nitrogen and oxygen atoms in total. The molecule has 0 amide bonds. The molecule has 0 aliphatic rings. The summed E-state index contributed by atoms with van der Waals surface area (Å²) in [5, 5.41) is 0. The highest BCUT2D eigenvalue weighted by Gasteiger charge is 2.12. The van der Waals surface area contributed by atoms with Gasteiger partial charge in [0.15, 0.2) is 0 Å². The fourth-order valence-corrected chi connectivity index (χ4v) is 2.42. The van der Waals surface area contributed by atoms with Crippen LogP contribution in [0.4, 0.5) is 0 Å². The minimum Gasteiger partial charge on any atom is -0.126 e. The molecule has 0 N–H and O–H groups in total. The predicted molar refractivity (Wildman–Crippen MR) is 68.7 cm³/mol. The molecule has 0 bridgehead atoms. The number of halogens is 1. The van der Waals surface area contributed by atoms with E-state index in [9.17, 15) is 0 Å². The topological polar surface area (TPSA) is 0 Å². The summed E-state index contributed by atoms with van der Waals surface area (Å²) in [5.41, 5.74) is 4.12. The molecular weight excluding hydrogens is 204 g/mol. The minimum absolute atomic E-state index is 0.591. The molecule has 0 radical (unpaired) electrons. The molecule has 0 saturated heterocycles. The Balaban J connectivity index is 2.79. The van der Waals surface area contributed by atoms with E-state index in [0.29, 0.717) is 11.8 Å². The lowest BCUT2D eigenvalue weighted by Gasteiger charge is -2.18. The lowest BCUT2D eigenvalue weighted by molar-refractivity contribution is 0.422. The van der Waals surface area contributed by atoms with E-state index in [-0.39, 0.29) is 0 Å². The Morgan fingerprint density at radius 3 is 2.00 bits per heavy atom. The van der Waals surface area contributed by atoms with Crippen LogP contribution >= 0.6 is 11.6 Å². The van der Waals surface area contributed by atoms with Crippen molar-refractivity contribution >= 4 is 11.6 Å². The van der Waals surface area contributed by atoms with E-state index in [1.165, 1.54) is 16.7 Å². The molecule has 1 heteroatoms. The van der Waals surface area contributed by atoms with Crippen LogP contribution in [0.3, 0.4) is 0 Å². The summed E-state index contributed by atoms with van der Waals surface area (Å²) in [6.07, 6.45) is 1.10. The first kappa shape index (κ1) is 12.6. The van der Waals surface area contributed by atoms with E-state index < -0.39 is 0 Å². The normalized spacial score (nSPS) is 13.2. The van der Waals surface area contributed by atoms with Crippen molar-refractivity contribution in [1.29, 1.82) is 0 Å². The van der Waals surface area contributed by atoms with Crippen LogP contribution in [-0.4, -0.2) is 5.88 Å². The van der Waals surface area contributed by atoms with E-state index in [2.05, 4.69) is 45.9 Å². The molecule has 1 aromatic rings. The van der Waals surface area contributed by atoms with Crippen LogP contribution in [0.2, 0.25) is 0 Å². The van der Waals surface area contributed by atoms with Gasteiger partial charge in [-0.3, -0.25) is 0 Å². The van der Waals surface area contributed by atoms with Crippen molar-refractivity contribution in [3.63, 3.8) is 0 Å². The van der Waals surface area contributed by atoms with Crippen molar-refractivity contribution < 1.29 is 0 Å². The molecule has 1 aromatic carbocycles. The second kappa shape index (κ2) is 5.55. The second-order valence-corrected chi connectivity index (χ2v) is 5.17. The molecule has 0 saturated carbocycles. The van der Waals surface area contributed by atoms with Crippen molar-refractivity contribution in [2.24, 2.45) is 11.8 Å². The number of benzene rings is 1. The molecule has 1 atom stereocenters. The first-order chi connectivity index (χ1) is 7.02. The standard InChI is InChI=1S/C14H21Cl/c1-10(2)14(9-15)8-13-6-11(3)5-12(4)7-13/h5-7,10,14H,8-9H2,1-4H3. The molecule has 0 aliphatic heterocycles. The Morgan fingerprint density at radius 2 is 1.60 bits per heavy atom. The van der Waals surface area contributed by atoms with Gasteiger partial charge in [0.05, 0.1) is 0 Å².